The van der Waals surface area contributed by atoms with E-state index in [4.69, 9.17) is 0 Å². The van der Waals surface area contributed by atoms with Crippen LogP contribution in [-0.2, 0) is 15.7 Å². The summed E-state index contributed by atoms with van der Waals surface area (Å²) in [6, 6.07) is 3.60. The predicted octanol–water partition coefficient (Wildman–Crippen LogP) is 2.06. The van der Waals surface area contributed by atoms with Gasteiger partial charge in [0.05, 0.1) is 12.7 Å². The first-order valence-corrected chi connectivity index (χ1v) is 4.16. The number of benzene rings is 1. The number of ether oxygens (including phenoxy) is 1. The minimum atomic E-state index is -4.55. The summed E-state index contributed by atoms with van der Waals surface area (Å²) < 4.78 is 41.0. The summed E-state index contributed by atoms with van der Waals surface area (Å²) in [6.07, 6.45) is -4.55. The Morgan fingerprint density at radius 1 is 1.25 bits per heavy atom. The Balaban J connectivity index is 3.09. The average molecular weight is 232 g/mol. The molecule has 0 fully saturated rings. The fraction of sp³-hybridized carbons (Fsp3) is 0.200. The van der Waals surface area contributed by atoms with E-state index in [1.54, 1.807) is 0 Å². The van der Waals surface area contributed by atoms with E-state index in [0.29, 0.717) is 6.07 Å². The van der Waals surface area contributed by atoms with Gasteiger partial charge in [-0.15, -0.1) is 0 Å². The summed E-state index contributed by atoms with van der Waals surface area (Å²) in [7, 11) is 0.980. The molecular weight excluding hydrogens is 225 g/mol. The zero-order valence-electron chi connectivity index (χ0n) is 8.17. The van der Waals surface area contributed by atoms with E-state index in [0.717, 1.165) is 25.3 Å². The monoisotopic (exact) mass is 232 g/mol. The molecule has 0 aliphatic heterocycles. The van der Waals surface area contributed by atoms with Crippen molar-refractivity contribution in [2.75, 3.05) is 7.11 Å². The van der Waals surface area contributed by atoms with Gasteiger partial charge in [0.25, 0.3) is 5.78 Å². The molecule has 3 nitrogen and oxygen atoms in total. The largest absolute Gasteiger partial charge is 0.463 e. The van der Waals surface area contributed by atoms with Crippen LogP contribution in [0.25, 0.3) is 0 Å². The molecule has 0 amide bonds. The molecule has 0 spiro atoms. The van der Waals surface area contributed by atoms with Gasteiger partial charge in [-0.25, -0.2) is 4.79 Å². The van der Waals surface area contributed by atoms with Gasteiger partial charge in [-0.3, -0.25) is 4.79 Å². The van der Waals surface area contributed by atoms with E-state index >= 15 is 0 Å². The summed E-state index contributed by atoms with van der Waals surface area (Å²) in [5.74, 6) is -2.30. The lowest BCUT2D eigenvalue weighted by atomic mass is 10.1. The highest BCUT2D eigenvalue weighted by Crippen LogP contribution is 2.29. The SMILES string of the molecule is COC(=O)C(=O)c1cccc(C(F)(F)F)c1. The third-order valence-electron chi connectivity index (χ3n) is 1.82. The first kappa shape index (κ1) is 12.2. The Morgan fingerprint density at radius 3 is 2.38 bits per heavy atom. The van der Waals surface area contributed by atoms with Gasteiger partial charge in [0.1, 0.15) is 0 Å². The maximum atomic E-state index is 12.3. The number of rotatable bonds is 2. The number of alkyl halides is 3. The highest BCUT2D eigenvalue weighted by molar-refractivity contribution is 6.40. The summed E-state index contributed by atoms with van der Waals surface area (Å²) in [5.41, 5.74) is -1.33. The first-order valence-electron chi connectivity index (χ1n) is 4.16. The van der Waals surface area contributed by atoms with Crippen LogP contribution in [-0.4, -0.2) is 18.9 Å². The van der Waals surface area contributed by atoms with Gasteiger partial charge < -0.3 is 4.74 Å². The molecular formula is C10H7F3O3. The van der Waals surface area contributed by atoms with Crippen molar-refractivity contribution < 1.29 is 27.5 Å². The predicted molar refractivity (Wildman–Crippen MR) is 47.8 cm³/mol. The molecule has 0 saturated heterocycles. The quantitative estimate of drug-likeness (QED) is 0.445. The Morgan fingerprint density at radius 2 is 1.88 bits per heavy atom. The summed E-state index contributed by atoms with van der Waals surface area (Å²) in [4.78, 5) is 22.0. The summed E-state index contributed by atoms with van der Waals surface area (Å²) in [5, 5.41) is 0. The normalized spacial score (nSPS) is 11.0. The van der Waals surface area contributed by atoms with Crippen LogP contribution < -0.4 is 0 Å². The lowest BCUT2D eigenvalue weighted by Gasteiger charge is -2.07. The Labute approximate surface area is 88.8 Å². The minimum Gasteiger partial charge on any atom is -0.463 e. The van der Waals surface area contributed by atoms with Crippen LogP contribution >= 0.6 is 0 Å². The molecule has 0 atom stereocenters. The number of ketones is 1. The van der Waals surface area contributed by atoms with Gasteiger partial charge in [0.15, 0.2) is 0 Å². The lowest BCUT2D eigenvalue weighted by molar-refractivity contribution is -0.138. The smallest absolute Gasteiger partial charge is 0.416 e. The molecule has 0 N–H and O–H groups in total. The number of carbonyl (C=O) groups excluding carboxylic acids is 2. The van der Waals surface area contributed by atoms with Gasteiger partial charge in [-0.1, -0.05) is 12.1 Å². The standard InChI is InChI=1S/C10H7F3O3/c1-16-9(15)8(14)6-3-2-4-7(5-6)10(11,12)13/h2-5H,1H3. The second-order valence-corrected chi connectivity index (χ2v) is 2.90. The molecule has 6 heteroatoms. The molecule has 0 radical (unpaired) electrons. The van der Waals surface area contributed by atoms with E-state index in [1.165, 1.54) is 0 Å². The highest BCUT2D eigenvalue weighted by atomic mass is 19.4. The van der Waals surface area contributed by atoms with E-state index in [1.807, 2.05) is 0 Å². The van der Waals surface area contributed by atoms with Crippen molar-refractivity contribution in [3.63, 3.8) is 0 Å². The number of Topliss-reactive ketones (excluding diaryl/α,β-unsaturated/α-hetero) is 1. The fourth-order valence-electron chi connectivity index (χ4n) is 1.05. The molecule has 86 valence electrons. The van der Waals surface area contributed by atoms with Gasteiger partial charge in [-0.05, 0) is 12.1 Å². The van der Waals surface area contributed by atoms with Crippen LogP contribution in [0.3, 0.4) is 0 Å². The van der Waals surface area contributed by atoms with Crippen molar-refractivity contribution in [3.05, 3.63) is 35.4 Å². The average Bonchev–Trinajstić information content (AvgIpc) is 2.26. The van der Waals surface area contributed by atoms with Crippen molar-refractivity contribution in [2.24, 2.45) is 0 Å². The maximum absolute atomic E-state index is 12.3. The molecule has 0 saturated carbocycles. The van der Waals surface area contributed by atoms with Crippen LogP contribution in [0.2, 0.25) is 0 Å². The van der Waals surface area contributed by atoms with Gasteiger partial charge >= 0.3 is 12.1 Å². The molecule has 1 aromatic rings. The van der Waals surface area contributed by atoms with Gasteiger partial charge in [-0.2, -0.15) is 13.2 Å². The molecule has 1 aromatic carbocycles. The van der Waals surface area contributed by atoms with Crippen molar-refractivity contribution in [1.82, 2.24) is 0 Å². The van der Waals surface area contributed by atoms with E-state index in [-0.39, 0.29) is 5.56 Å². The number of methoxy groups -OCH3 is 1. The third-order valence-corrected chi connectivity index (χ3v) is 1.82. The highest BCUT2D eigenvalue weighted by Gasteiger charge is 2.31. The van der Waals surface area contributed by atoms with Crippen LogP contribution in [0.4, 0.5) is 13.2 Å². The number of esters is 1. The number of hydrogen-bond acceptors (Lipinski definition) is 3. The van der Waals surface area contributed by atoms with Crippen LogP contribution in [0, 0.1) is 0 Å². The topological polar surface area (TPSA) is 43.4 Å². The van der Waals surface area contributed by atoms with E-state index < -0.39 is 23.5 Å². The Hall–Kier alpha value is -1.85. The molecule has 1 rings (SSSR count). The van der Waals surface area contributed by atoms with Crippen molar-refractivity contribution in [3.8, 4) is 0 Å². The summed E-state index contributed by atoms with van der Waals surface area (Å²) in [6.45, 7) is 0. The zero-order chi connectivity index (χ0) is 12.3. The minimum absolute atomic E-state index is 0.346. The van der Waals surface area contributed by atoms with Gasteiger partial charge in [0, 0.05) is 5.56 Å². The first-order chi connectivity index (χ1) is 7.36. The molecule has 0 aliphatic carbocycles. The van der Waals surface area contributed by atoms with Crippen molar-refractivity contribution >= 4 is 11.8 Å². The number of hydrogen-bond donors (Lipinski definition) is 0. The van der Waals surface area contributed by atoms with E-state index in [2.05, 4.69) is 4.74 Å². The van der Waals surface area contributed by atoms with E-state index in [9.17, 15) is 22.8 Å². The molecule has 0 aromatic heterocycles. The third kappa shape index (κ3) is 2.59. The number of carbonyl (C=O) groups is 2. The second-order valence-electron chi connectivity index (χ2n) is 2.90. The van der Waals surface area contributed by atoms with Gasteiger partial charge in [0.2, 0.25) is 0 Å². The Kier molecular flexibility index (Phi) is 3.31. The number of halogens is 3. The molecule has 0 unspecified atom stereocenters. The zero-order valence-corrected chi connectivity index (χ0v) is 8.17. The Bertz CT molecular complexity index is 424. The van der Waals surface area contributed by atoms with Crippen LogP contribution in [0.5, 0.6) is 0 Å². The summed E-state index contributed by atoms with van der Waals surface area (Å²) >= 11 is 0. The molecule has 0 heterocycles. The maximum Gasteiger partial charge on any atom is 0.416 e. The van der Waals surface area contributed by atoms with Crippen LogP contribution in [0.15, 0.2) is 24.3 Å². The van der Waals surface area contributed by atoms with Crippen molar-refractivity contribution in [2.45, 2.75) is 6.18 Å². The van der Waals surface area contributed by atoms with Crippen LogP contribution in [0.1, 0.15) is 15.9 Å². The second kappa shape index (κ2) is 4.34. The molecule has 0 aliphatic rings. The van der Waals surface area contributed by atoms with Crippen molar-refractivity contribution in [1.29, 1.82) is 0 Å². The lowest BCUT2D eigenvalue weighted by Crippen LogP contribution is -2.16. The fourth-order valence-corrected chi connectivity index (χ4v) is 1.05. The molecule has 0 bridgehead atoms. The molecule has 16 heavy (non-hydrogen) atoms.